The average molecular weight is 266 g/mol. The highest BCUT2D eigenvalue weighted by atomic mass is 32.1. The first-order valence-corrected chi connectivity index (χ1v) is 6.45. The molecule has 1 aliphatic rings. The van der Waals surface area contributed by atoms with E-state index in [2.05, 4.69) is 21.9 Å². The van der Waals surface area contributed by atoms with Gasteiger partial charge < -0.3 is 15.4 Å². The molecule has 1 fully saturated rings. The number of ether oxygens (including phenoxy) is 1. The van der Waals surface area contributed by atoms with Crippen LogP contribution in [-0.4, -0.2) is 46.1 Å². The van der Waals surface area contributed by atoms with Crippen molar-refractivity contribution in [2.24, 2.45) is 5.73 Å². The second-order valence-electron chi connectivity index (χ2n) is 4.62. The van der Waals surface area contributed by atoms with E-state index >= 15 is 0 Å². The molecule has 0 bridgehead atoms. The Morgan fingerprint density at radius 1 is 1.50 bits per heavy atom. The van der Waals surface area contributed by atoms with Crippen molar-refractivity contribution in [3.63, 3.8) is 0 Å². The Balaban J connectivity index is 2.12. The molecule has 0 radical (unpaired) electrons. The number of piperidine rings is 1. The molecule has 0 amide bonds. The zero-order valence-corrected chi connectivity index (χ0v) is 11.5. The summed E-state index contributed by atoms with van der Waals surface area (Å²) in [5.41, 5.74) is 6.27. The van der Waals surface area contributed by atoms with Gasteiger partial charge >= 0.3 is 0 Å². The van der Waals surface area contributed by atoms with Crippen molar-refractivity contribution in [1.82, 2.24) is 14.9 Å². The molecule has 0 aliphatic carbocycles. The van der Waals surface area contributed by atoms with Gasteiger partial charge in [0.05, 0.1) is 5.56 Å². The Labute approximate surface area is 112 Å². The highest BCUT2D eigenvalue weighted by Crippen LogP contribution is 2.20. The number of thiocarbonyl (C=S) groups is 1. The van der Waals surface area contributed by atoms with E-state index in [0.29, 0.717) is 17.3 Å². The molecule has 0 saturated carbocycles. The monoisotopic (exact) mass is 266 g/mol. The van der Waals surface area contributed by atoms with Crippen molar-refractivity contribution in [3.05, 3.63) is 17.6 Å². The minimum atomic E-state index is 0.184. The molecule has 1 saturated heterocycles. The molecule has 1 aromatic rings. The van der Waals surface area contributed by atoms with E-state index in [0.717, 1.165) is 25.9 Å². The number of rotatable bonds is 3. The molecule has 18 heavy (non-hydrogen) atoms. The lowest BCUT2D eigenvalue weighted by Crippen LogP contribution is -2.36. The SMILES string of the molecule is Cc1ncc(C(N)=S)c(OC2CCN(C)CC2)n1. The molecule has 2 heterocycles. The van der Waals surface area contributed by atoms with Crippen LogP contribution in [0.5, 0.6) is 5.88 Å². The molecule has 6 heteroatoms. The van der Waals surface area contributed by atoms with Crippen LogP contribution >= 0.6 is 12.2 Å². The number of aromatic nitrogens is 2. The molecule has 0 spiro atoms. The molecular weight excluding hydrogens is 248 g/mol. The van der Waals surface area contributed by atoms with Gasteiger partial charge in [0, 0.05) is 19.3 Å². The zero-order valence-electron chi connectivity index (χ0n) is 10.7. The van der Waals surface area contributed by atoms with Gasteiger partial charge in [-0.15, -0.1) is 0 Å². The van der Waals surface area contributed by atoms with Gasteiger partial charge in [0.1, 0.15) is 16.9 Å². The van der Waals surface area contributed by atoms with Gasteiger partial charge in [-0.1, -0.05) is 12.2 Å². The topological polar surface area (TPSA) is 64.3 Å². The first-order chi connectivity index (χ1) is 8.56. The summed E-state index contributed by atoms with van der Waals surface area (Å²) in [7, 11) is 2.12. The van der Waals surface area contributed by atoms with Gasteiger partial charge in [-0.3, -0.25) is 0 Å². The summed E-state index contributed by atoms with van der Waals surface area (Å²) in [5, 5.41) is 0. The van der Waals surface area contributed by atoms with Crippen LogP contribution in [0, 0.1) is 6.92 Å². The minimum Gasteiger partial charge on any atom is -0.474 e. The smallest absolute Gasteiger partial charge is 0.227 e. The van der Waals surface area contributed by atoms with Gasteiger partial charge in [-0.05, 0) is 26.8 Å². The number of nitrogens with zero attached hydrogens (tertiary/aromatic N) is 3. The summed E-state index contributed by atoms with van der Waals surface area (Å²) in [5.74, 6) is 1.18. The molecule has 2 rings (SSSR count). The summed E-state index contributed by atoms with van der Waals surface area (Å²) >= 11 is 4.99. The zero-order chi connectivity index (χ0) is 13.1. The lowest BCUT2D eigenvalue weighted by Gasteiger charge is -2.29. The fraction of sp³-hybridized carbons (Fsp3) is 0.583. The quantitative estimate of drug-likeness (QED) is 0.820. The van der Waals surface area contributed by atoms with Crippen molar-refractivity contribution in [2.45, 2.75) is 25.9 Å². The Morgan fingerprint density at radius 2 is 2.17 bits per heavy atom. The second-order valence-corrected chi connectivity index (χ2v) is 5.06. The molecule has 1 aliphatic heterocycles. The lowest BCUT2D eigenvalue weighted by atomic mass is 10.1. The van der Waals surface area contributed by atoms with Crippen LogP contribution in [0.25, 0.3) is 0 Å². The molecule has 98 valence electrons. The second kappa shape index (κ2) is 5.58. The summed E-state index contributed by atoms with van der Waals surface area (Å²) in [6, 6.07) is 0. The highest BCUT2D eigenvalue weighted by Gasteiger charge is 2.20. The maximum absolute atomic E-state index is 5.93. The predicted molar refractivity (Wildman–Crippen MR) is 73.8 cm³/mol. The minimum absolute atomic E-state index is 0.184. The largest absolute Gasteiger partial charge is 0.474 e. The van der Waals surface area contributed by atoms with Crippen LogP contribution in [-0.2, 0) is 0 Å². The maximum Gasteiger partial charge on any atom is 0.227 e. The van der Waals surface area contributed by atoms with E-state index < -0.39 is 0 Å². The van der Waals surface area contributed by atoms with Crippen LogP contribution in [0.4, 0.5) is 0 Å². The summed E-state index contributed by atoms with van der Waals surface area (Å²) in [4.78, 5) is 11.0. The van der Waals surface area contributed by atoms with E-state index in [9.17, 15) is 0 Å². The lowest BCUT2D eigenvalue weighted by molar-refractivity contribution is 0.109. The first kappa shape index (κ1) is 13.2. The molecule has 0 atom stereocenters. The van der Waals surface area contributed by atoms with E-state index in [1.165, 1.54) is 0 Å². The normalized spacial score (nSPS) is 17.7. The molecular formula is C12H18N4OS. The first-order valence-electron chi connectivity index (χ1n) is 6.05. The van der Waals surface area contributed by atoms with E-state index in [-0.39, 0.29) is 11.1 Å². The van der Waals surface area contributed by atoms with E-state index in [1.54, 1.807) is 6.20 Å². The summed E-state index contributed by atoms with van der Waals surface area (Å²) in [6.45, 7) is 3.90. The van der Waals surface area contributed by atoms with Crippen LogP contribution in [0.3, 0.4) is 0 Å². The van der Waals surface area contributed by atoms with E-state index in [4.69, 9.17) is 22.7 Å². The molecule has 2 N–H and O–H groups in total. The van der Waals surface area contributed by atoms with Crippen LogP contribution < -0.4 is 10.5 Å². The third-order valence-corrected chi connectivity index (χ3v) is 3.30. The number of aryl methyl sites for hydroxylation is 1. The molecule has 1 aromatic heterocycles. The number of hydrogen-bond acceptors (Lipinski definition) is 5. The molecule has 0 unspecified atom stereocenters. The third-order valence-electron chi connectivity index (χ3n) is 3.08. The summed E-state index contributed by atoms with van der Waals surface area (Å²) < 4.78 is 5.93. The number of hydrogen-bond donors (Lipinski definition) is 1. The predicted octanol–water partition coefficient (Wildman–Crippen LogP) is 0.892. The number of nitrogens with two attached hydrogens (primary N) is 1. The standard InChI is InChI=1S/C12H18N4OS/c1-8-14-7-10(11(13)18)12(15-8)17-9-3-5-16(2)6-4-9/h7,9H,3-6H2,1-2H3,(H2,13,18). The summed E-state index contributed by atoms with van der Waals surface area (Å²) in [6.07, 6.45) is 3.81. The Hall–Kier alpha value is -1.27. The Bertz CT molecular complexity index is 444. The third kappa shape index (κ3) is 3.14. The van der Waals surface area contributed by atoms with Crippen LogP contribution in [0.15, 0.2) is 6.20 Å². The van der Waals surface area contributed by atoms with Crippen molar-refractivity contribution < 1.29 is 4.74 Å². The Kier molecular flexibility index (Phi) is 4.08. The fourth-order valence-corrected chi connectivity index (χ4v) is 2.11. The highest BCUT2D eigenvalue weighted by molar-refractivity contribution is 7.80. The van der Waals surface area contributed by atoms with Gasteiger partial charge in [0.15, 0.2) is 0 Å². The van der Waals surface area contributed by atoms with Gasteiger partial charge in [0.25, 0.3) is 0 Å². The van der Waals surface area contributed by atoms with Crippen LogP contribution in [0.2, 0.25) is 0 Å². The van der Waals surface area contributed by atoms with Crippen molar-refractivity contribution in [1.29, 1.82) is 0 Å². The average Bonchev–Trinajstić information content (AvgIpc) is 2.32. The van der Waals surface area contributed by atoms with Crippen molar-refractivity contribution in [3.8, 4) is 5.88 Å². The molecule has 0 aromatic carbocycles. The van der Waals surface area contributed by atoms with Crippen molar-refractivity contribution in [2.75, 3.05) is 20.1 Å². The fourth-order valence-electron chi connectivity index (χ4n) is 1.97. The Morgan fingerprint density at radius 3 is 2.78 bits per heavy atom. The van der Waals surface area contributed by atoms with E-state index in [1.807, 2.05) is 6.92 Å². The van der Waals surface area contributed by atoms with Crippen LogP contribution in [0.1, 0.15) is 24.2 Å². The van der Waals surface area contributed by atoms with Gasteiger partial charge in [-0.2, -0.15) is 4.98 Å². The number of likely N-dealkylation sites (tertiary alicyclic amines) is 1. The molecule has 5 nitrogen and oxygen atoms in total. The van der Waals surface area contributed by atoms with Crippen molar-refractivity contribution >= 4 is 17.2 Å². The maximum atomic E-state index is 5.93. The van der Waals surface area contributed by atoms with Gasteiger partial charge in [0.2, 0.25) is 5.88 Å². The van der Waals surface area contributed by atoms with Gasteiger partial charge in [-0.25, -0.2) is 4.98 Å².